The number of halogens is 1. The maximum Gasteiger partial charge on any atom is 0.292 e. The molecule has 1 saturated heterocycles. The second kappa shape index (κ2) is 6.60. The number of benzene rings is 1. The number of hydrogen-bond donors (Lipinski definition) is 1. The molecule has 0 spiro atoms. The molecule has 1 atom stereocenters. The summed E-state index contributed by atoms with van der Waals surface area (Å²) in [6.07, 6.45) is 1.08. The van der Waals surface area contributed by atoms with E-state index in [0.29, 0.717) is 5.69 Å². The van der Waals surface area contributed by atoms with Gasteiger partial charge in [0.1, 0.15) is 5.82 Å². The number of nitrogens with zero attached hydrogens (tertiary/aromatic N) is 1. The predicted octanol–water partition coefficient (Wildman–Crippen LogP) is 1.63. The number of aryl methyl sites for hydroxylation is 1. The first-order valence-electron chi connectivity index (χ1n) is 7.55. The normalized spacial score (nSPS) is 18.0. The number of imide groups is 1. The summed E-state index contributed by atoms with van der Waals surface area (Å²) in [4.78, 5) is 27.0. The third-order valence-corrected chi connectivity index (χ3v) is 5.14. The summed E-state index contributed by atoms with van der Waals surface area (Å²) in [5.41, 5.74) is 1.71. The van der Waals surface area contributed by atoms with Gasteiger partial charge in [0.2, 0.25) is 5.91 Å². The zero-order valence-corrected chi connectivity index (χ0v) is 13.6. The molecule has 1 fully saturated rings. The summed E-state index contributed by atoms with van der Waals surface area (Å²) in [6, 6.07) is 7.14. The van der Waals surface area contributed by atoms with E-state index in [9.17, 15) is 14.0 Å². The van der Waals surface area contributed by atoms with Crippen LogP contribution in [0.2, 0.25) is 0 Å². The molecule has 0 radical (unpaired) electrons. The highest BCUT2D eigenvalue weighted by Crippen LogP contribution is 2.22. The van der Waals surface area contributed by atoms with Gasteiger partial charge in [-0.1, -0.05) is 0 Å². The van der Waals surface area contributed by atoms with Crippen molar-refractivity contribution >= 4 is 28.8 Å². The molecule has 0 saturated carbocycles. The van der Waals surface area contributed by atoms with Gasteiger partial charge in [-0.3, -0.25) is 9.59 Å². The number of amides is 2. The van der Waals surface area contributed by atoms with E-state index in [1.807, 2.05) is 5.32 Å². The van der Waals surface area contributed by atoms with Crippen molar-refractivity contribution in [3.8, 4) is 0 Å². The number of quaternary nitrogens is 1. The molecule has 2 amide bonds. The largest absolute Gasteiger partial charge is 0.335 e. The van der Waals surface area contributed by atoms with Crippen molar-refractivity contribution in [2.45, 2.75) is 25.8 Å². The van der Waals surface area contributed by atoms with Crippen molar-refractivity contribution in [2.24, 2.45) is 0 Å². The fourth-order valence-corrected chi connectivity index (χ4v) is 3.70. The van der Waals surface area contributed by atoms with Gasteiger partial charge in [-0.15, -0.1) is 11.3 Å². The van der Waals surface area contributed by atoms with Gasteiger partial charge in [-0.2, -0.15) is 0 Å². The lowest BCUT2D eigenvalue weighted by Gasteiger charge is -2.14. The van der Waals surface area contributed by atoms with Crippen LogP contribution >= 0.6 is 11.3 Å². The monoisotopic (exact) mass is 333 g/mol. The summed E-state index contributed by atoms with van der Waals surface area (Å²) in [7, 11) is 0. The molecule has 0 aliphatic carbocycles. The van der Waals surface area contributed by atoms with Gasteiger partial charge >= 0.3 is 0 Å². The average molecular weight is 333 g/mol. The molecule has 1 aromatic carbocycles. The quantitative estimate of drug-likeness (QED) is 0.846. The Balaban J connectivity index is 1.62. The van der Waals surface area contributed by atoms with Gasteiger partial charge in [-0.25, -0.2) is 9.29 Å². The minimum Gasteiger partial charge on any atom is -0.335 e. The zero-order valence-electron chi connectivity index (χ0n) is 12.8. The first-order valence-corrected chi connectivity index (χ1v) is 8.43. The van der Waals surface area contributed by atoms with Gasteiger partial charge in [0.15, 0.2) is 6.04 Å². The molecule has 4 nitrogen and oxygen atoms in total. The number of carbonyl (C=O) groups is 2. The molecule has 120 valence electrons. The van der Waals surface area contributed by atoms with Crippen LogP contribution < -0.4 is 10.2 Å². The van der Waals surface area contributed by atoms with Crippen LogP contribution in [0.1, 0.15) is 16.9 Å². The van der Waals surface area contributed by atoms with E-state index in [-0.39, 0.29) is 30.1 Å². The first kappa shape index (κ1) is 15.8. The zero-order chi connectivity index (χ0) is 16.4. The minimum atomic E-state index is -0.387. The average Bonchev–Trinajstić information content (AvgIpc) is 3.05. The van der Waals surface area contributed by atoms with E-state index in [1.54, 1.807) is 11.3 Å². The third kappa shape index (κ3) is 3.33. The number of hydrogen-bond acceptors (Lipinski definition) is 3. The summed E-state index contributed by atoms with van der Waals surface area (Å²) in [5.74, 6) is -0.832. The number of rotatable bonds is 5. The molecular weight excluding hydrogens is 315 g/mol. The Morgan fingerprint density at radius 1 is 1.26 bits per heavy atom. The van der Waals surface area contributed by atoms with Crippen LogP contribution in [0.25, 0.3) is 0 Å². The van der Waals surface area contributed by atoms with Crippen molar-refractivity contribution in [3.05, 3.63) is 52.0 Å². The van der Waals surface area contributed by atoms with Crippen LogP contribution in [0.3, 0.4) is 0 Å². The second-order valence-electron chi connectivity index (χ2n) is 5.66. The number of carbonyl (C=O) groups excluding carboxylic acids is 2. The lowest BCUT2D eigenvalue weighted by Crippen LogP contribution is -2.92. The van der Waals surface area contributed by atoms with Crippen LogP contribution in [-0.4, -0.2) is 24.4 Å². The number of thiophene rings is 1. The smallest absolute Gasteiger partial charge is 0.292 e. The number of anilines is 1. The Kier molecular flexibility index (Phi) is 4.54. The van der Waals surface area contributed by atoms with E-state index in [4.69, 9.17) is 0 Å². The molecular formula is C17H18FN2O2S+. The highest BCUT2D eigenvalue weighted by Gasteiger charge is 2.42. The second-order valence-corrected chi connectivity index (χ2v) is 6.66. The summed E-state index contributed by atoms with van der Waals surface area (Å²) in [5, 5.41) is 3.99. The molecule has 6 heteroatoms. The van der Waals surface area contributed by atoms with Gasteiger partial charge in [-0.05, 0) is 48.2 Å². The van der Waals surface area contributed by atoms with Gasteiger partial charge in [0.05, 0.1) is 18.7 Å². The lowest BCUT2D eigenvalue weighted by atomic mass is 10.2. The Bertz CT molecular complexity index is 726. The summed E-state index contributed by atoms with van der Waals surface area (Å²) >= 11 is 1.71. The molecule has 2 heterocycles. The molecule has 1 aliphatic heterocycles. The molecule has 2 aromatic rings. The van der Waals surface area contributed by atoms with Crippen LogP contribution in [0.5, 0.6) is 0 Å². The molecule has 0 unspecified atom stereocenters. The van der Waals surface area contributed by atoms with Crippen molar-refractivity contribution in [1.29, 1.82) is 0 Å². The topological polar surface area (TPSA) is 54.0 Å². The third-order valence-electron chi connectivity index (χ3n) is 4.06. The van der Waals surface area contributed by atoms with Crippen molar-refractivity contribution in [3.63, 3.8) is 0 Å². The van der Waals surface area contributed by atoms with Crippen molar-refractivity contribution < 1.29 is 19.3 Å². The van der Waals surface area contributed by atoms with Crippen molar-refractivity contribution in [1.82, 2.24) is 0 Å². The van der Waals surface area contributed by atoms with Gasteiger partial charge in [0, 0.05) is 11.3 Å². The van der Waals surface area contributed by atoms with Crippen LogP contribution in [-0.2, 0) is 16.0 Å². The molecule has 0 bridgehead atoms. The van der Waals surface area contributed by atoms with E-state index < -0.39 is 0 Å². The summed E-state index contributed by atoms with van der Waals surface area (Å²) < 4.78 is 13.0. The standard InChI is InChI=1S/C17H17FN2O2S/c1-11-7-9-23-15(11)6-8-19-14-10-16(21)20(17(14)22)13-4-2-12(18)3-5-13/h2-5,7,9,14,19H,6,8,10H2,1H3/p+1/t14-/m1/s1. The molecule has 1 aliphatic rings. The Labute approximate surface area is 137 Å². The molecule has 3 rings (SSSR count). The first-order chi connectivity index (χ1) is 11.1. The fraction of sp³-hybridized carbons (Fsp3) is 0.294. The van der Waals surface area contributed by atoms with Crippen LogP contribution in [0.15, 0.2) is 35.7 Å². The van der Waals surface area contributed by atoms with E-state index in [2.05, 4.69) is 18.4 Å². The van der Waals surface area contributed by atoms with E-state index >= 15 is 0 Å². The summed E-state index contributed by atoms with van der Waals surface area (Å²) in [6.45, 7) is 2.84. The van der Waals surface area contributed by atoms with Crippen LogP contribution in [0, 0.1) is 12.7 Å². The Hall–Kier alpha value is -2.05. The van der Waals surface area contributed by atoms with Gasteiger partial charge in [0.25, 0.3) is 5.91 Å². The maximum atomic E-state index is 13.0. The van der Waals surface area contributed by atoms with Crippen molar-refractivity contribution in [2.75, 3.05) is 11.4 Å². The SMILES string of the molecule is Cc1ccsc1CC[NH2+][C@@H]1CC(=O)N(c2ccc(F)cc2)C1=O. The maximum absolute atomic E-state index is 13.0. The van der Waals surface area contributed by atoms with E-state index in [1.165, 1.54) is 34.7 Å². The van der Waals surface area contributed by atoms with Crippen LogP contribution in [0.4, 0.5) is 10.1 Å². The lowest BCUT2D eigenvalue weighted by molar-refractivity contribution is -0.674. The Morgan fingerprint density at radius 3 is 2.65 bits per heavy atom. The van der Waals surface area contributed by atoms with Gasteiger partial charge < -0.3 is 5.32 Å². The fourth-order valence-electron chi connectivity index (χ4n) is 2.78. The number of nitrogens with two attached hydrogens (primary N) is 1. The van der Waals surface area contributed by atoms with E-state index in [0.717, 1.165) is 17.9 Å². The Morgan fingerprint density at radius 2 is 2.00 bits per heavy atom. The molecule has 1 aromatic heterocycles. The highest BCUT2D eigenvalue weighted by molar-refractivity contribution is 7.10. The molecule has 23 heavy (non-hydrogen) atoms. The highest BCUT2D eigenvalue weighted by atomic mass is 32.1. The molecule has 2 N–H and O–H groups in total. The predicted molar refractivity (Wildman–Crippen MR) is 86.9 cm³/mol. The minimum absolute atomic E-state index is 0.194.